The molecule has 0 saturated carbocycles. The number of rotatable bonds is 4. The van der Waals surface area contributed by atoms with Crippen molar-refractivity contribution in [2.45, 2.75) is 31.9 Å². The van der Waals surface area contributed by atoms with Crippen LogP contribution in [-0.4, -0.2) is 33.2 Å². The second kappa shape index (κ2) is 6.75. The Bertz CT molecular complexity index is 777. The van der Waals surface area contributed by atoms with Crippen LogP contribution in [0.15, 0.2) is 36.7 Å². The van der Waals surface area contributed by atoms with E-state index in [0.29, 0.717) is 17.9 Å². The summed E-state index contributed by atoms with van der Waals surface area (Å²) in [5, 5.41) is 13.3. The Morgan fingerprint density at radius 1 is 1.46 bits per heavy atom. The number of para-hydroxylation sites is 1. The Morgan fingerprint density at radius 2 is 2.25 bits per heavy atom. The lowest BCUT2D eigenvalue weighted by Gasteiger charge is -2.27. The average molecular weight is 324 g/mol. The minimum Gasteiger partial charge on any atom is -0.480 e. The van der Waals surface area contributed by atoms with E-state index >= 15 is 0 Å². The monoisotopic (exact) mass is 324 g/mol. The predicted octanol–water partition coefficient (Wildman–Crippen LogP) is 2.42. The normalized spacial score (nSPS) is 18.2. The molecule has 0 radical (unpaired) electrons. The number of hydrogen-bond donors (Lipinski definition) is 0. The van der Waals surface area contributed by atoms with E-state index < -0.39 is 6.10 Å². The first-order valence-corrected chi connectivity index (χ1v) is 8.05. The fourth-order valence-corrected chi connectivity index (χ4v) is 3.13. The number of aryl methyl sites for hydroxylation is 1. The highest BCUT2D eigenvalue weighted by Crippen LogP contribution is 2.32. The largest absolute Gasteiger partial charge is 0.480 e. The van der Waals surface area contributed by atoms with Crippen LogP contribution in [0, 0.1) is 11.3 Å². The van der Waals surface area contributed by atoms with Gasteiger partial charge in [0.1, 0.15) is 11.8 Å². The van der Waals surface area contributed by atoms with E-state index in [-0.39, 0.29) is 11.9 Å². The van der Waals surface area contributed by atoms with Gasteiger partial charge in [0, 0.05) is 25.4 Å². The molecule has 1 aromatic heterocycles. The van der Waals surface area contributed by atoms with Crippen molar-refractivity contribution in [3.63, 3.8) is 0 Å². The molecule has 1 fully saturated rings. The van der Waals surface area contributed by atoms with E-state index in [1.165, 1.54) is 0 Å². The van der Waals surface area contributed by atoms with Crippen molar-refractivity contribution in [2.24, 2.45) is 7.05 Å². The molecule has 1 aliphatic rings. The van der Waals surface area contributed by atoms with Crippen LogP contribution in [0.5, 0.6) is 5.75 Å². The molecule has 2 aromatic rings. The molecule has 1 aromatic carbocycles. The van der Waals surface area contributed by atoms with Crippen LogP contribution in [0.4, 0.5) is 0 Å². The van der Waals surface area contributed by atoms with E-state index in [1.54, 1.807) is 35.9 Å². The third kappa shape index (κ3) is 3.11. The number of carbonyl (C=O) groups is 1. The van der Waals surface area contributed by atoms with E-state index in [1.807, 2.05) is 24.3 Å². The lowest BCUT2D eigenvalue weighted by molar-refractivity contribution is -0.138. The van der Waals surface area contributed by atoms with Crippen molar-refractivity contribution in [3.05, 3.63) is 47.8 Å². The highest BCUT2D eigenvalue weighted by Gasteiger charge is 2.34. The number of hydrogen-bond acceptors (Lipinski definition) is 4. The molecule has 6 nitrogen and oxygen atoms in total. The van der Waals surface area contributed by atoms with Gasteiger partial charge in [-0.2, -0.15) is 10.4 Å². The SMILES string of the molecule is C[C@@H](Oc1ccccc1C#N)C(=O)N1CCC[C@@H]1c1cnn(C)c1. The lowest BCUT2D eigenvalue weighted by Crippen LogP contribution is -2.40. The van der Waals surface area contributed by atoms with Crippen molar-refractivity contribution in [3.8, 4) is 11.8 Å². The molecule has 1 amide bonds. The molecule has 3 rings (SSSR count). The standard InChI is InChI=1S/C18H20N4O2/c1-13(24-17-8-4-3-6-14(17)10-19)18(23)22-9-5-7-16(22)15-11-20-21(2)12-15/h3-4,6,8,11-13,16H,5,7,9H2,1-2H3/t13-,16-/m1/s1. The van der Waals surface area contributed by atoms with Gasteiger partial charge in [0.15, 0.2) is 6.10 Å². The van der Waals surface area contributed by atoms with Crippen LogP contribution in [0.3, 0.4) is 0 Å². The number of nitriles is 1. The van der Waals surface area contributed by atoms with Crippen LogP contribution in [-0.2, 0) is 11.8 Å². The number of carbonyl (C=O) groups excluding carboxylic acids is 1. The maximum atomic E-state index is 12.8. The van der Waals surface area contributed by atoms with Crippen LogP contribution >= 0.6 is 0 Å². The molecular weight excluding hydrogens is 304 g/mol. The van der Waals surface area contributed by atoms with Gasteiger partial charge in [0.25, 0.3) is 5.91 Å². The maximum Gasteiger partial charge on any atom is 0.263 e. The highest BCUT2D eigenvalue weighted by molar-refractivity contribution is 5.81. The Labute approximate surface area is 141 Å². The number of aromatic nitrogens is 2. The fraction of sp³-hybridized carbons (Fsp3) is 0.389. The number of nitrogens with zero attached hydrogens (tertiary/aromatic N) is 4. The summed E-state index contributed by atoms with van der Waals surface area (Å²) in [6.07, 6.45) is 5.02. The second-order valence-corrected chi connectivity index (χ2v) is 6.01. The number of likely N-dealkylation sites (tertiary alicyclic amines) is 1. The van der Waals surface area contributed by atoms with Gasteiger partial charge in [-0.15, -0.1) is 0 Å². The molecule has 6 heteroatoms. The molecule has 2 atom stereocenters. The molecular formula is C18H20N4O2. The molecule has 0 aliphatic carbocycles. The third-order valence-corrected chi connectivity index (χ3v) is 4.30. The van der Waals surface area contributed by atoms with Gasteiger partial charge in [-0.05, 0) is 31.9 Å². The molecule has 0 spiro atoms. The summed E-state index contributed by atoms with van der Waals surface area (Å²) in [6.45, 7) is 2.45. The quantitative estimate of drug-likeness (QED) is 0.866. The van der Waals surface area contributed by atoms with Crippen molar-refractivity contribution in [1.82, 2.24) is 14.7 Å². The van der Waals surface area contributed by atoms with E-state index in [2.05, 4.69) is 11.2 Å². The maximum absolute atomic E-state index is 12.8. The Hall–Kier alpha value is -2.81. The zero-order valence-electron chi connectivity index (χ0n) is 13.8. The molecule has 0 unspecified atom stereocenters. The zero-order valence-corrected chi connectivity index (χ0v) is 13.8. The summed E-state index contributed by atoms with van der Waals surface area (Å²) in [6, 6.07) is 9.09. The van der Waals surface area contributed by atoms with Gasteiger partial charge in [-0.1, -0.05) is 12.1 Å². The summed E-state index contributed by atoms with van der Waals surface area (Å²) < 4.78 is 7.51. The van der Waals surface area contributed by atoms with Gasteiger partial charge in [-0.25, -0.2) is 0 Å². The first-order valence-electron chi connectivity index (χ1n) is 8.05. The predicted molar refractivity (Wildman–Crippen MR) is 88.1 cm³/mol. The Balaban J connectivity index is 1.74. The first kappa shape index (κ1) is 16.1. The summed E-state index contributed by atoms with van der Waals surface area (Å²) in [4.78, 5) is 14.7. The fourth-order valence-electron chi connectivity index (χ4n) is 3.13. The van der Waals surface area contributed by atoms with Crippen molar-refractivity contribution in [2.75, 3.05) is 6.54 Å². The van der Waals surface area contributed by atoms with Crippen molar-refractivity contribution >= 4 is 5.91 Å². The van der Waals surface area contributed by atoms with Crippen LogP contribution in [0.2, 0.25) is 0 Å². The number of ether oxygens (including phenoxy) is 1. The molecule has 24 heavy (non-hydrogen) atoms. The van der Waals surface area contributed by atoms with Gasteiger partial charge in [0.05, 0.1) is 17.8 Å². The summed E-state index contributed by atoms with van der Waals surface area (Å²) >= 11 is 0. The smallest absolute Gasteiger partial charge is 0.263 e. The first-order chi connectivity index (χ1) is 11.6. The van der Waals surface area contributed by atoms with E-state index in [4.69, 9.17) is 10.00 Å². The molecule has 1 aliphatic heterocycles. The zero-order chi connectivity index (χ0) is 17.1. The minimum atomic E-state index is -0.642. The molecule has 0 bridgehead atoms. The van der Waals surface area contributed by atoms with Gasteiger partial charge in [0.2, 0.25) is 0 Å². The number of benzene rings is 1. The van der Waals surface area contributed by atoms with Gasteiger partial charge < -0.3 is 9.64 Å². The average Bonchev–Trinajstić information content (AvgIpc) is 3.23. The molecule has 1 saturated heterocycles. The third-order valence-electron chi connectivity index (χ3n) is 4.30. The van der Waals surface area contributed by atoms with Crippen molar-refractivity contribution < 1.29 is 9.53 Å². The molecule has 124 valence electrons. The Morgan fingerprint density at radius 3 is 2.96 bits per heavy atom. The van der Waals surface area contributed by atoms with Crippen LogP contribution in [0.25, 0.3) is 0 Å². The number of amides is 1. The summed E-state index contributed by atoms with van der Waals surface area (Å²) in [7, 11) is 1.87. The Kier molecular flexibility index (Phi) is 4.52. The lowest BCUT2D eigenvalue weighted by atomic mass is 10.1. The van der Waals surface area contributed by atoms with Gasteiger partial charge >= 0.3 is 0 Å². The summed E-state index contributed by atoms with van der Waals surface area (Å²) in [5.74, 6) is 0.382. The minimum absolute atomic E-state index is 0.0449. The molecule has 0 N–H and O–H groups in total. The summed E-state index contributed by atoms with van der Waals surface area (Å²) in [5.41, 5.74) is 1.48. The van der Waals surface area contributed by atoms with E-state index in [0.717, 1.165) is 18.4 Å². The van der Waals surface area contributed by atoms with E-state index in [9.17, 15) is 4.79 Å². The topological polar surface area (TPSA) is 71.2 Å². The molecule has 2 heterocycles. The van der Waals surface area contributed by atoms with Crippen molar-refractivity contribution in [1.29, 1.82) is 5.26 Å². The van der Waals surface area contributed by atoms with Crippen LogP contribution in [0.1, 0.15) is 36.9 Å². The second-order valence-electron chi connectivity index (χ2n) is 6.01. The van der Waals surface area contributed by atoms with Crippen LogP contribution < -0.4 is 4.74 Å². The highest BCUT2D eigenvalue weighted by atomic mass is 16.5. The van der Waals surface area contributed by atoms with Gasteiger partial charge in [-0.3, -0.25) is 9.48 Å².